The molecule has 0 fully saturated rings. The molecule has 0 saturated carbocycles. The average molecular weight is 351 g/mol. The maximum atomic E-state index is 11.5. The van der Waals surface area contributed by atoms with Crippen LogP contribution in [0.4, 0.5) is 0 Å². The van der Waals surface area contributed by atoms with Gasteiger partial charge in [-0.05, 0) is 63.8 Å². The van der Waals surface area contributed by atoms with E-state index in [1.165, 1.54) is 0 Å². The van der Waals surface area contributed by atoms with Gasteiger partial charge in [0.1, 0.15) is 0 Å². The first kappa shape index (κ1) is 21.0. The van der Waals surface area contributed by atoms with E-state index in [4.69, 9.17) is 0 Å². The van der Waals surface area contributed by atoms with Crippen molar-refractivity contribution in [1.82, 2.24) is 0 Å². The summed E-state index contributed by atoms with van der Waals surface area (Å²) in [4.78, 5) is 7.96. The number of thioether (sulfide) groups is 1. The van der Waals surface area contributed by atoms with Crippen molar-refractivity contribution < 1.29 is 10.2 Å². The molecule has 0 N–H and O–H groups in total. The van der Waals surface area contributed by atoms with Gasteiger partial charge in [-0.3, -0.25) is 0 Å². The van der Waals surface area contributed by atoms with Crippen LogP contribution in [0.5, 0.6) is 0 Å². The molecular weight excluding hydrogens is 324 g/mol. The van der Waals surface area contributed by atoms with Crippen LogP contribution in [0.15, 0.2) is 9.98 Å². The Morgan fingerprint density at radius 2 is 1.19 bits per heavy atom. The van der Waals surface area contributed by atoms with E-state index in [-0.39, 0.29) is 11.8 Å². The number of aliphatic imine (C=N–C) groups is 2. The molecule has 0 aromatic carbocycles. The second-order valence-electron chi connectivity index (χ2n) is 5.81. The largest absolute Gasteiger partial charge is 0.861 e. The smallest absolute Gasteiger partial charge is 0.0386 e. The zero-order chi connectivity index (χ0) is 16.5. The highest BCUT2D eigenvalue weighted by Gasteiger charge is 2.10. The van der Waals surface area contributed by atoms with E-state index in [0.29, 0.717) is 13.1 Å². The lowest BCUT2D eigenvalue weighted by Crippen LogP contribution is -2.36. The standard InChI is InChI=1S/C14H28N2O2S3/c1-13(2,19)11(17)15-7-5-9-21-10-6-8-16-12(18)14(3,4)20/h19-20H,5-10H2,1-4H3,(H,15,17)(H,16,18)/p-2. The van der Waals surface area contributed by atoms with Crippen molar-refractivity contribution in [1.29, 1.82) is 0 Å². The molecule has 0 aromatic rings. The van der Waals surface area contributed by atoms with Crippen molar-refractivity contribution >= 4 is 48.8 Å². The topological polar surface area (TPSA) is 70.8 Å². The molecule has 4 nitrogen and oxygen atoms in total. The molecule has 0 aromatic heterocycles. The van der Waals surface area contributed by atoms with Gasteiger partial charge in [0.2, 0.25) is 0 Å². The lowest BCUT2D eigenvalue weighted by molar-refractivity contribution is -0.221. The molecule has 21 heavy (non-hydrogen) atoms. The highest BCUT2D eigenvalue weighted by Crippen LogP contribution is 2.12. The lowest BCUT2D eigenvalue weighted by atomic mass is 10.2. The van der Waals surface area contributed by atoms with Gasteiger partial charge in [-0.2, -0.15) is 37.0 Å². The maximum absolute atomic E-state index is 11.5. The van der Waals surface area contributed by atoms with E-state index in [1.54, 1.807) is 39.5 Å². The fourth-order valence-corrected chi connectivity index (χ4v) is 2.20. The van der Waals surface area contributed by atoms with Gasteiger partial charge in [-0.15, -0.1) is 0 Å². The van der Waals surface area contributed by atoms with E-state index < -0.39 is 9.49 Å². The minimum atomic E-state index is -0.679. The minimum Gasteiger partial charge on any atom is -0.861 e. The van der Waals surface area contributed by atoms with Gasteiger partial charge in [-0.25, -0.2) is 0 Å². The van der Waals surface area contributed by atoms with Crippen LogP contribution in [0.1, 0.15) is 40.5 Å². The third kappa shape index (κ3) is 11.2. The normalized spacial score (nSPS) is 14.6. The molecular formula is C14H26N2O2S3-2. The first-order valence-electron chi connectivity index (χ1n) is 7.01. The summed E-state index contributed by atoms with van der Waals surface area (Å²) in [6, 6.07) is 0. The van der Waals surface area contributed by atoms with Crippen LogP contribution in [-0.2, 0) is 0 Å². The first-order chi connectivity index (χ1) is 9.55. The molecule has 0 atom stereocenters. The molecule has 0 rings (SSSR count). The third-order valence-corrected chi connectivity index (χ3v) is 3.99. The number of hydrogen-bond acceptors (Lipinski definition) is 7. The van der Waals surface area contributed by atoms with E-state index in [9.17, 15) is 10.2 Å². The van der Waals surface area contributed by atoms with Gasteiger partial charge < -0.3 is 20.2 Å². The number of nitrogens with zero attached hydrogens (tertiary/aromatic N) is 2. The molecule has 0 aliphatic rings. The Hall–Kier alpha value is -0.0100. The van der Waals surface area contributed by atoms with E-state index >= 15 is 0 Å². The summed E-state index contributed by atoms with van der Waals surface area (Å²) in [7, 11) is 0. The highest BCUT2D eigenvalue weighted by molar-refractivity contribution is 7.99. The molecule has 0 aliphatic heterocycles. The SMILES string of the molecule is CC(C)(S)C([O-])=NCCCSCCCN=C([O-])C(C)(C)S. The minimum absolute atomic E-state index is 0.164. The highest BCUT2D eigenvalue weighted by atomic mass is 32.2. The molecule has 0 spiro atoms. The zero-order valence-electron chi connectivity index (χ0n) is 13.3. The Morgan fingerprint density at radius 3 is 1.48 bits per heavy atom. The van der Waals surface area contributed by atoms with E-state index in [2.05, 4.69) is 35.2 Å². The molecule has 124 valence electrons. The molecule has 0 heterocycles. The molecule has 0 saturated heterocycles. The zero-order valence-corrected chi connectivity index (χ0v) is 15.9. The van der Waals surface area contributed by atoms with Crippen LogP contribution in [0.3, 0.4) is 0 Å². The predicted molar refractivity (Wildman–Crippen MR) is 97.3 cm³/mol. The van der Waals surface area contributed by atoms with Crippen LogP contribution < -0.4 is 10.2 Å². The molecule has 7 heteroatoms. The van der Waals surface area contributed by atoms with Gasteiger partial charge in [0.05, 0.1) is 0 Å². The Kier molecular flexibility index (Phi) is 9.89. The van der Waals surface area contributed by atoms with Crippen LogP contribution in [0.2, 0.25) is 0 Å². The van der Waals surface area contributed by atoms with Crippen LogP contribution >= 0.6 is 37.0 Å². The van der Waals surface area contributed by atoms with E-state index in [1.807, 2.05) is 0 Å². The summed E-state index contributed by atoms with van der Waals surface area (Å²) < 4.78 is -1.36. The first-order valence-corrected chi connectivity index (χ1v) is 9.06. The number of hydrogen-bond donors (Lipinski definition) is 2. The molecule has 0 unspecified atom stereocenters. The van der Waals surface area contributed by atoms with E-state index in [0.717, 1.165) is 24.3 Å². The van der Waals surface area contributed by atoms with Crippen molar-refractivity contribution in [3.05, 3.63) is 0 Å². The second kappa shape index (κ2) is 9.90. The summed E-state index contributed by atoms with van der Waals surface area (Å²) in [5.74, 6) is 1.58. The summed E-state index contributed by atoms with van der Waals surface area (Å²) in [5, 5.41) is 23.0. The van der Waals surface area contributed by atoms with Crippen molar-refractivity contribution in [2.45, 2.75) is 50.0 Å². The lowest BCUT2D eigenvalue weighted by Gasteiger charge is -2.25. The van der Waals surface area contributed by atoms with Gasteiger partial charge in [-0.1, -0.05) is 0 Å². The molecule has 0 aliphatic carbocycles. The Balaban J connectivity index is 3.63. The van der Waals surface area contributed by atoms with Gasteiger partial charge in [0.15, 0.2) is 0 Å². The summed E-state index contributed by atoms with van der Waals surface area (Å²) in [6.45, 7) is 8.07. The number of thiol groups is 2. The second-order valence-corrected chi connectivity index (χ2v) is 9.27. The monoisotopic (exact) mass is 350 g/mol. The fourth-order valence-electron chi connectivity index (χ4n) is 1.18. The summed E-state index contributed by atoms with van der Waals surface area (Å²) >= 11 is 10.1. The third-order valence-electron chi connectivity index (χ3n) is 2.45. The maximum Gasteiger partial charge on any atom is 0.0386 e. The van der Waals surface area contributed by atoms with Gasteiger partial charge >= 0.3 is 0 Å². The molecule has 0 amide bonds. The Labute approximate surface area is 143 Å². The fraction of sp³-hybridized carbons (Fsp3) is 0.857. The van der Waals surface area contributed by atoms with Crippen molar-refractivity contribution in [3.8, 4) is 0 Å². The van der Waals surface area contributed by atoms with Crippen molar-refractivity contribution in [2.75, 3.05) is 24.6 Å². The summed E-state index contributed by atoms with van der Waals surface area (Å²) in [5.41, 5.74) is 0. The van der Waals surface area contributed by atoms with Crippen LogP contribution in [0, 0.1) is 0 Å². The van der Waals surface area contributed by atoms with Gasteiger partial charge in [0, 0.05) is 22.6 Å². The van der Waals surface area contributed by atoms with Crippen LogP contribution in [-0.4, -0.2) is 45.9 Å². The number of rotatable bonds is 10. The molecule has 0 bridgehead atoms. The predicted octanol–water partition coefficient (Wildman–Crippen LogP) is 1.43. The quantitative estimate of drug-likeness (QED) is 0.271. The Morgan fingerprint density at radius 1 is 0.857 bits per heavy atom. The Bertz CT molecular complexity index is 324. The van der Waals surface area contributed by atoms with Crippen molar-refractivity contribution in [2.24, 2.45) is 9.98 Å². The van der Waals surface area contributed by atoms with Crippen LogP contribution in [0.25, 0.3) is 0 Å². The summed E-state index contributed by atoms with van der Waals surface area (Å²) in [6.07, 6.45) is 1.75. The van der Waals surface area contributed by atoms with Gasteiger partial charge in [0.25, 0.3) is 0 Å². The van der Waals surface area contributed by atoms with Crippen molar-refractivity contribution in [3.63, 3.8) is 0 Å². The molecule has 0 radical (unpaired) electrons. The average Bonchev–Trinajstić information content (AvgIpc) is 2.33.